The summed E-state index contributed by atoms with van der Waals surface area (Å²) in [5.74, 6) is -0.330. The Hall–Kier alpha value is -2.28. The second-order valence-electron chi connectivity index (χ2n) is 7.44. The predicted molar refractivity (Wildman–Crippen MR) is 115 cm³/mol. The molecule has 1 fully saturated rings. The van der Waals surface area contributed by atoms with E-state index in [0.717, 1.165) is 43.1 Å². The monoisotopic (exact) mass is 412 g/mol. The van der Waals surface area contributed by atoms with E-state index in [4.69, 9.17) is 4.74 Å². The summed E-state index contributed by atoms with van der Waals surface area (Å²) in [5.41, 5.74) is 1.09. The second-order valence-corrected chi connectivity index (χ2v) is 8.53. The zero-order valence-corrected chi connectivity index (χ0v) is 17.3. The zero-order valence-electron chi connectivity index (χ0n) is 16.5. The molecule has 1 aromatic heterocycles. The summed E-state index contributed by atoms with van der Waals surface area (Å²) in [6.45, 7) is 6.63. The van der Waals surface area contributed by atoms with Crippen molar-refractivity contribution in [1.82, 2.24) is 9.80 Å². The van der Waals surface area contributed by atoms with Gasteiger partial charge in [-0.05, 0) is 30.7 Å². The highest BCUT2D eigenvalue weighted by molar-refractivity contribution is 7.20. The number of hydrogen-bond acceptors (Lipinski definition) is 4. The molecule has 0 N–H and O–H groups in total. The quantitative estimate of drug-likeness (QED) is 0.602. The van der Waals surface area contributed by atoms with Crippen LogP contribution in [0.25, 0.3) is 10.1 Å². The number of ether oxygens (including phenoxy) is 1. The van der Waals surface area contributed by atoms with Crippen molar-refractivity contribution in [3.63, 3.8) is 0 Å². The Morgan fingerprint density at radius 3 is 2.66 bits per heavy atom. The van der Waals surface area contributed by atoms with Crippen molar-refractivity contribution in [3.8, 4) is 0 Å². The fourth-order valence-corrected chi connectivity index (χ4v) is 4.77. The minimum absolute atomic E-state index is 0.0239. The van der Waals surface area contributed by atoms with Gasteiger partial charge in [-0.25, -0.2) is 4.39 Å². The standard InChI is InChI=1S/C23H25FN2O2S/c1-17(15-25-10-12-28-13-11-25)26(16-18-6-3-2-4-7-18)23(27)22-14-19-20(24)8-5-9-21(19)29-22/h2-9,14,17H,10-13,15-16H2,1H3. The number of carbonyl (C=O) groups is 1. The lowest BCUT2D eigenvalue weighted by Crippen LogP contribution is -2.47. The average molecular weight is 413 g/mol. The third kappa shape index (κ3) is 4.66. The topological polar surface area (TPSA) is 32.8 Å². The summed E-state index contributed by atoms with van der Waals surface area (Å²) in [6.07, 6.45) is 0. The first kappa shape index (κ1) is 20.0. The van der Waals surface area contributed by atoms with E-state index in [1.165, 1.54) is 17.4 Å². The van der Waals surface area contributed by atoms with Crippen molar-refractivity contribution in [1.29, 1.82) is 0 Å². The number of carbonyl (C=O) groups excluding carboxylic acids is 1. The maximum absolute atomic E-state index is 14.1. The smallest absolute Gasteiger partial charge is 0.264 e. The molecule has 1 aliphatic rings. The molecule has 1 unspecified atom stereocenters. The number of thiophene rings is 1. The lowest BCUT2D eigenvalue weighted by Gasteiger charge is -2.35. The molecule has 29 heavy (non-hydrogen) atoms. The van der Waals surface area contributed by atoms with Crippen molar-refractivity contribution in [2.24, 2.45) is 0 Å². The van der Waals surface area contributed by atoms with Gasteiger partial charge >= 0.3 is 0 Å². The van der Waals surface area contributed by atoms with E-state index in [-0.39, 0.29) is 17.8 Å². The Morgan fingerprint density at radius 1 is 1.17 bits per heavy atom. The van der Waals surface area contributed by atoms with Gasteiger partial charge in [0.05, 0.1) is 18.1 Å². The molecular weight excluding hydrogens is 387 g/mol. The second kappa shape index (κ2) is 9.03. The van der Waals surface area contributed by atoms with Crippen molar-refractivity contribution >= 4 is 27.3 Å². The van der Waals surface area contributed by atoms with Gasteiger partial charge in [0, 0.05) is 42.3 Å². The molecule has 3 aromatic rings. The Labute approximate surface area is 174 Å². The number of hydrogen-bond donors (Lipinski definition) is 0. The van der Waals surface area contributed by atoms with Crippen LogP contribution in [0.5, 0.6) is 0 Å². The van der Waals surface area contributed by atoms with E-state index >= 15 is 0 Å². The highest BCUT2D eigenvalue weighted by Crippen LogP contribution is 2.29. The highest BCUT2D eigenvalue weighted by atomic mass is 32.1. The number of amides is 1. The first-order valence-electron chi connectivity index (χ1n) is 9.95. The molecule has 4 rings (SSSR count). The molecular formula is C23H25FN2O2S. The van der Waals surface area contributed by atoms with Crippen LogP contribution in [0.2, 0.25) is 0 Å². The molecule has 1 amide bonds. The number of fused-ring (bicyclic) bond motifs is 1. The van der Waals surface area contributed by atoms with Crippen molar-refractivity contribution in [3.05, 3.63) is 70.9 Å². The lowest BCUT2D eigenvalue weighted by atomic mass is 10.1. The van der Waals surface area contributed by atoms with Crippen LogP contribution in [0.15, 0.2) is 54.6 Å². The highest BCUT2D eigenvalue weighted by Gasteiger charge is 2.26. The zero-order chi connectivity index (χ0) is 20.2. The summed E-state index contributed by atoms with van der Waals surface area (Å²) < 4.78 is 20.4. The molecule has 1 saturated heterocycles. The van der Waals surface area contributed by atoms with Gasteiger partial charge in [-0.1, -0.05) is 36.4 Å². The Kier molecular flexibility index (Phi) is 6.23. The summed E-state index contributed by atoms with van der Waals surface area (Å²) in [4.78, 5) is 18.3. The van der Waals surface area contributed by atoms with Crippen LogP contribution in [0.3, 0.4) is 0 Å². The van der Waals surface area contributed by atoms with Gasteiger partial charge < -0.3 is 9.64 Å². The van der Waals surface area contributed by atoms with Crippen LogP contribution in [0.4, 0.5) is 4.39 Å². The van der Waals surface area contributed by atoms with Crippen molar-refractivity contribution in [2.75, 3.05) is 32.8 Å². The fraction of sp³-hybridized carbons (Fsp3) is 0.348. The van der Waals surface area contributed by atoms with Crippen molar-refractivity contribution in [2.45, 2.75) is 19.5 Å². The lowest BCUT2D eigenvalue weighted by molar-refractivity contribution is 0.0229. The maximum atomic E-state index is 14.1. The normalized spacial score (nSPS) is 16.1. The molecule has 2 aromatic carbocycles. The third-order valence-electron chi connectivity index (χ3n) is 5.33. The number of morpholine rings is 1. The summed E-state index contributed by atoms with van der Waals surface area (Å²) in [7, 11) is 0. The predicted octanol–water partition coefficient (Wildman–Crippen LogP) is 4.40. The van der Waals surface area contributed by atoms with Crippen LogP contribution in [-0.4, -0.2) is 54.6 Å². The number of nitrogens with zero attached hydrogens (tertiary/aromatic N) is 2. The van der Waals surface area contributed by atoms with Gasteiger partial charge in [0.1, 0.15) is 5.82 Å². The van der Waals surface area contributed by atoms with Gasteiger partial charge in [0.25, 0.3) is 5.91 Å². The molecule has 6 heteroatoms. The van der Waals surface area contributed by atoms with Gasteiger partial charge in [0.2, 0.25) is 0 Å². The van der Waals surface area contributed by atoms with Gasteiger partial charge in [0.15, 0.2) is 0 Å². The van der Waals surface area contributed by atoms with E-state index < -0.39 is 0 Å². The first-order valence-corrected chi connectivity index (χ1v) is 10.8. The molecule has 0 aliphatic carbocycles. The SMILES string of the molecule is CC(CN1CCOCC1)N(Cc1ccccc1)C(=O)c1cc2c(F)cccc2s1. The minimum atomic E-state index is -0.284. The van der Waals surface area contributed by atoms with Crippen LogP contribution < -0.4 is 0 Å². The Balaban J connectivity index is 1.60. The van der Waals surface area contributed by atoms with E-state index in [1.54, 1.807) is 12.1 Å². The Morgan fingerprint density at radius 2 is 1.93 bits per heavy atom. The van der Waals surface area contributed by atoms with Gasteiger partial charge in [-0.3, -0.25) is 9.69 Å². The Bertz CT molecular complexity index is 969. The molecule has 2 heterocycles. The molecule has 1 atom stereocenters. The van der Waals surface area contributed by atoms with Gasteiger partial charge in [-0.15, -0.1) is 11.3 Å². The van der Waals surface area contributed by atoms with E-state index in [2.05, 4.69) is 11.8 Å². The third-order valence-corrected chi connectivity index (χ3v) is 6.42. The summed E-state index contributed by atoms with van der Waals surface area (Å²) >= 11 is 1.36. The minimum Gasteiger partial charge on any atom is -0.379 e. The average Bonchev–Trinajstić information content (AvgIpc) is 3.19. The van der Waals surface area contributed by atoms with Gasteiger partial charge in [-0.2, -0.15) is 0 Å². The molecule has 0 spiro atoms. The summed E-state index contributed by atoms with van der Waals surface area (Å²) in [5, 5.41) is 0.515. The maximum Gasteiger partial charge on any atom is 0.264 e. The largest absolute Gasteiger partial charge is 0.379 e. The molecule has 1 aliphatic heterocycles. The van der Waals surface area contributed by atoms with E-state index in [1.807, 2.05) is 41.3 Å². The van der Waals surface area contributed by atoms with Crippen LogP contribution >= 0.6 is 11.3 Å². The molecule has 4 nitrogen and oxygen atoms in total. The number of rotatable bonds is 6. The fourth-order valence-electron chi connectivity index (χ4n) is 3.74. The van der Waals surface area contributed by atoms with Crippen LogP contribution in [0, 0.1) is 5.82 Å². The van der Waals surface area contributed by atoms with Crippen LogP contribution in [-0.2, 0) is 11.3 Å². The first-order chi connectivity index (χ1) is 14.1. The van der Waals surface area contributed by atoms with Crippen LogP contribution in [0.1, 0.15) is 22.2 Å². The number of benzene rings is 2. The van der Waals surface area contributed by atoms with E-state index in [9.17, 15) is 9.18 Å². The molecule has 0 saturated carbocycles. The number of halogens is 1. The summed E-state index contributed by atoms with van der Waals surface area (Å²) in [6, 6.07) is 16.7. The molecule has 152 valence electrons. The molecule has 0 bridgehead atoms. The van der Waals surface area contributed by atoms with E-state index in [0.29, 0.717) is 16.8 Å². The molecule has 0 radical (unpaired) electrons. The van der Waals surface area contributed by atoms with Crippen molar-refractivity contribution < 1.29 is 13.9 Å².